The summed E-state index contributed by atoms with van der Waals surface area (Å²) in [6.07, 6.45) is 3.11. The zero-order valence-corrected chi connectivity index (χ0v) is 13.7. The van der Waals surface area contributed by atoms with Gasteiger partial charge in [0.15, 0.2) is 0 Å². The molecule has 122 valence electrons. The van der Waals surface area contributed by atoms with Gasteiger partial charge in [0.05, 0.1) is 24.9 Å². The summed E-state index contributed by atoms with van der Waals surface area (Å²) in [5.41, 5.74) is 0.870. The molecule has 22 heavy (non-hydrogen) atoms. The summed E-state index contributed by atoms with van der Waals surface area (Å²) in [6.45, 7) is 2.21. The fourth-order valence-corrected chi connectivity index (χ4v) is 3.83. The lowest BCUT2D eigenvalue weighted by atomic mass is 9.87. The molecule has 1 N–H and O–H groups in total. The molecule has 1 aromatic rings. The largest absolute Gasteiger partial charge is 0.387 e. The van der Waals surface area contributed by atoms with Crippen molar-refractivity contribution >= 4 is 11.6 Å². The maximum Gasteiger partial charge on any atom is 0.0917 e. The first-order valence-corrected chi connectivity index (χ1v) is 8.37. The molecular formula is C17H24ClNO3. The number of ether oxygens (including phenoxy) is 2. The molecule has 1 heterocycles. The molecule has 0 amide bonds. The van der Waals surface area contributed by atoms with Crippen LogP contribution in [0.25, 0.3) is 0 Å². The summed E-state index contributed by atoms with van der Waals surface area (Å²) in [4.78, 5) is 2.35. The minimum Gasteiger partial charge on any atom is -0.387 e. The summed E-state index contributed by atoms with van der Waals surface area (Å²) < 4.78 is 11.4. The van der Waals surface area contributed by atoms with E-state index in [0.717, 1.165) is 38.0 Å². The predicted molar refractivity (Wildman–Crippen MR) is 86.2 cm³/mol. The van der Waals surface area contributed by atoms with E-state index in [-0.39, 0.29) is 6.10 Å². The highest BCUT2D eigenvalue weighted by molar-refractivity contribution is 6.30. The molecule has 1 aromatic carbocycles. The standard InChI is InChI=1S/C17H24ClNO3/c1-21-14-5-6-17-15(10-14)19(7-8-22-17)11-16(20)12-3-2-4-13(18)9-12/h2-4,9,14-17,20H,5-8,10-11H2,1H3/t14-,15-,16-,17+/m1/s1. The highest BCUT2D eigenvalue weighted by atomic mass is 35.5. The average Bonchev–Trinajstić information content (AvgIpc) is 2.54. The Balaban J connectivity index is 1.67. The molecule has 1 aliphatic carbocycles. The van der Waals surface area contributed by atoms with E-state index in [0.29, 0.717) is 23.7 Å². The smallest absolute Gasteiger partial charge is 0.0917 e. The highest BCUT2D eigenvalue weighted by Gasteiger charge is 2.38. The number of halogens is 1. The minimum atomic E-state index is -0.527. The van der Waals surface area contributed by atoms with E-state index < -0.39 is 6.10 Å². The Kier molecular flexibility index (Phi) is 5.37. The number of β-amino-alcohol motifs (C(OH)–C–C–N with tert-alkyl or cyclic N) is 1. The van der Waals surface area contributed by atoms with Crippen LogP contribution in [-0.4, -0.2) is 55.1 Å². The molecule has 0 spiro atoms. The van der Waals surface area contributed by atoms with Crippen molar-refractivity contribution in [3.63, 3.8) is 0 Å². The molecule has 1 saturated heterocycles. The van der Waals surface area contributed by atoms with E-state index in [4.69, 9.17) is 21.1 Å². The van der Waals surface area contributed by atoms with Crippen molar-refractivity contribution in [2.45, 2.75) is 43.6 Å². The van der Waals surface area contributed by atoms with Gasteiger partial charge >= 0.3 is 0 Å². The van der Waals surface area contributed by atoms with Crippen LogP contribution < -0.4 is 0 Å². The van der Waals surface area contributed by atoms with Gasteiger partial charge in [0.25, 0.3) is 0 Å². The lowest BCUT2D eigenvalue weighted by molar-refractivity contribution is -0.120. The third kappa shape index (κ3) is 3.63. The van der Waals surface area contributed by atoms with Gasteiger partial charge in [-0.1, -0.05) is 23.7 Å². The van der Waals surface area contributed by atoms with Gasteiger partial charge < -0.3 is 14.6 Å². The number of hydrogen-bond acceptors (Lipinski definition) is 4. The Morgan fingerprint density at radius 2 is 2.32 bits per heavy atom. The third-order valence-electron chi connectivity index (χ3n) is 4.86. The first-order chi connectivity index (χ1) is 10.7. The number of methoxy groups -OCH3 is 1. The van der Waals surface area contributed by atoms with Crippen molar-refractivity contribution in [1.29, 1.82) is 0 Å². The Labute approximate surface area is 137 Å². The van der Waals surface area contributed by atoms with Crippen LogP contribution in [-0.2, 0) is 9.47 Å². The summed E-state index contributed by atoms with van der Waals surface area (Å²) >= 11 is 6.02. The number of aliphatic hydroxyl groups excluding tert-OH is 1. The van der Waals surface area contributed by atoms with Crippen LogP contribution in [0.4, 0.5) is 0 Å². The number of benzene rings is 1. The molecule has 1 aliphatic heterocycles. The average molecular weight is 326 g/mol. The molecule has 0 bridgehead atoms. The number of morpholine rings is 1. The minimum absolute atomic E-state index is 0.270. The van der Waals surface area contributed by atoms with Crippen molar-refractivity contribution in [1.82, 2.24) is 4.90 Å². The summed E-state index contributed by atoms with van der Waals surface area (Å²) in [5, 5.41) is 11.2. The highest BCUT2D eigenvalue weighted by Crippen LogP contribution is 2.31. The number of rotatable bonds is 4. The predicted octanol–water partition coefficient (Wildman–Crippen LogP) is 2.64. The second-order valence-electron chi connectivity index (χ2n) is 6.21. The van der Waals surface area contributed by atoms with Gasteiger partial charge in [-0.2, -0.15) is 0 Å². The van der Waals surface area contributed by atoms with Gasteiger partial charge in [-0.15, -0.1) is 0 Å². The van der Waals surface area contributed by atoms with Gasteiger partial charge in [-0.25, -0.2) is 0 Å². The Morgan fingerprint density at radius 1 is 1.45 bits per heavy atom. The van der Waals surface area contributed by atoms with Crippen LogP contribution in [0, 0.1) is 0 Å². The molecule has 2 fully saturated rings. The summed E-state index contributed by atoms with van der Waals surface area (Å²) in [6, 6.07) is 7.80. The summed E-state index contributed by atoms with van der Waals surface area (Å²) in [7, 11) is 1.78. The van der Waals surface area contributed by atoms with Crippen LogP contribution in [0.5, 0.6) is 0 Å². The fraction of sp³-hybridized carbons (Fsp3) is 0.647. The van der Waals surface area contributed by atoms with Crippen molar-refractivity contribution in [3.8, 4) is 0 Å². The molecule has 4 nitrogen and oxygen atoms in total. The molecule has 0 aromatic heterocycles. The number of aliphatic hydroxyl groups is 1. The monoisotopic (exact) mass is 325 g/mol. The second-order valence-corrected chi connectivity index (χ2v) is 6.65. The van der Waals surface area contributed by atoms with Gasteiger partial charge in [-0.3, -0.25) is 4.90 Å². The first-order valence-electron chi connectivity index (χ1n) is 7.99. The van der Waals surface area contributed by atoms with Crippen LogP contribution in [0.1, 0.15) is 30.9 Å². The number of nitrogens with zero attached hydrogens (tertiary/aromatic N) is 1. The normalized spacial score (nSPS) is 30.8. The van der Waals surface area contributed by atoms with E-state index in [1.54, 1.807) is 7.11 Å². The third-order valence-corrected chi connectivity index (χ3v) is 5.10. The second kappa shape index (κ2) is 7.28. The molecule has 4 atom stereocenters. The van der Waals surface area contributed by atoms with Gasteiger partial charge in [0, 0.05) is 31.3 Å². The van der Waals surface area contributed by atoms with E-state index in [9.17, 15) is 5.11 Å². The Morgan fingerprint density at radius 3 is 3.09 bits per heavy atom. The van der Waals surface area contributed by atoms with Gasteiger partial charge in [-0.05, 0) is 37.0 Å². The zero-order chi connectivity index (χ0) is 15.5. The SMILES string of the molecule is CO[C@@H]1CC[C@@H]2OCCN(C[C@@H](O)c3cccc(Cl)c3)[C@@H]2C1. The molecule has 0 unspecified atom stereocenters. The van der Waals surface area contributed by atoms with Crippen LogP contribution in [0.2, 0.25) is 5.02 Å². The quantitative estimate of drug-likeness (QED) is 0.924. The molecule has 2 aliphatic rings. The first kappa shape index (κ1) is 16.2. The zero-order valence-electron chi connectivity index (χ0n) is 13.0. The lowest BCUT2D eigenvalue weighted by Gasteiger charge is -2.46. The van der Waals surface area contributed by atoms with E-state index in [1.165, 1.54) is 0 Å². The van der Waals surface area contributed by atoms with Crippen molar-refractivity contribution in [2.75, 3.05) is 26.8 Å². The Hall–Kier alpha value is -0.650. The van der Waals surface area contributed by atoms with E-state index >= 15 is 0 Å². The molecule has 3 rings (SSSR count). The summed E-state index contributed by atoms with van der Waals surface area (Å²) in [5.74, 6) is 0. The topological polar surface area (TPSA) is 41.9 Å². The molecular weight excluding hydrogens is 302 g/mol. The van der Waals surface area contributed by atoms with Crippen molar-refractivity contribution in [3.05, 3.63) is 34.9 Å². The molecule has 1 saturated carbocycles. The van der Waals surface area contributed by atoms with Gasteiger partial charge in [0.1, 0.15) is 0 Å². The maximum atomic E-state index is 10.5. The maximum absolute atomic E-state index is 10.5. The van der Waals surface area contributed by atoms with E-state index in [2.05, 4.69) is 4.90 Å². The van der Waals surface area contributed by atoms with Crippen LogP contribution in [0.3, 0.4) is 0 Å². The van der Waals surface area contributed by atoms with Crippen LogP contribution >= 0.6 is 11.6 Å². The molecule has 5 heteroatoms. The van der Waals surface area contributed by atoms with Crippen LogP contribution in [0.15, 0.2) is 24.3 Å². The van der Waals surface area contributed by atoms with Crippen molar-refractivity contribution < 1.29 is 14.6 Å². The number of hydrogen-bond donors (Lipinski definition) is 1. The Bertz CT molecular complexity index is 499. The van der Waals surface area contributed by atoms with E-state index in [1.807, 2.05) is 24.3 Å². The fourth-order valence-electron chi connectivity index (χ4n) is 3.63. The van der Waals surface area contributed by atoms with Crippen molar-refractivity contribution in [2.24, 2.45) is 0 Å². The number of fused-ring (bicyclic) bond motifs is 1. The lowest BCUT2D eigenvalue weighted by Crippen LogP contribution is -2.55. The molecule has 0 radical (unpaired) electrons. The van der Waals surface area contributed by atoms with Gasteiger partial charge in [0.2, 0.25) is 0 Å².